The van der Waals surface area contributed by atoms with E-state index >= 15 is 0 Å². The molecule has 1 aromatic heterocycles. The monoisotopic (exact) mass is 307 g/mol. The van der Waals surface area contributed by atoms with E-state index in [9.17, 15) is 9.59 Å². The van der Waals surface area contributed by atoms with Crippen molar-refractivity contribution in [2.24, 2.45) is 0 Å². The van der Waals surface area contributed by atoms with Gasteiger partial charge in [0.25, 0.3) is 11.5 Å². The maximum Gasteiger partial charge on any atom is 0.276 e. The van der Waals surface area contributed by atoms with E-state index in [4.69, 9.17) is 0 Å². The van der Waals surface area contributed by atoms with Gasteiger partial charge in [-0.3, -0.25) is 14.7 Å². The van der Waals surface area contributed by atoms with E-state index in [1.807, 2.05) is 61.5 Å². The van der Waals surface area contributed by atoms with Crippen LogP contribution >= 0.6 is 0 Å². The number of H-pyrrole nitrogens is 1. The SMILES string of the molecule is Cc1ccc(-n2[nH]c(C(=O)N(C)c3ccccc3)cc2=O)cc1. The quantitative estimate of drug-likeness (QED) is 0.809. The molecule has 0 radical (unpaired) electrons. The first-order chi connectivity index (χ1) is 11.1. The van der Waals surface area contributed by atoms with Crippen molar-refractivity contribution < 1.29 is 4.79 Å². The molecule has 5 heteroatoms. The largest absolute Gasteiger partial charge is 0.310 e. The van der Waals surface area contributed by atoms with Crippen LogP contribution in [0.1, 0.15) is 16.1 Å². The van der Waals surface area contributed by atoms with Crippen molar-refractivity contribution in [3.05, 3.63) is 82.3 Å². The number of carbonyl (C=O) groups excluding carboxylic acids is 1. The van der Waals surface area contributed by atoms with E-state index in [1.54, 1.807) is 7.05 Å². The molecule has 3 rings (SSSR count). The highest BCUT2D eigenvalue weighted by molar-refractivity contribution is 6.04. The zero-order chi connectivity index (χ0) is 16.4. The number of aromatic nitrogens is 2. The number of hydrogen-bond donors (Lipinski definition) is 1. The first-order valence-corrected chi connectivity index (χ1v) is 7.28. The molecule has 1 heterocycles. The summed E-state index contributed by atoms with van der Waals surface area (Å²) in [7, 11) is 1.68. The number of anilines is 1. The minimum atomic E-state index is -0.265. The van der Waals surface area contributed by atoms with Crippen molar-refractivity contribution in [1.29, 1.82) is 0 Å². The Balaban J connectivity index is 1.93. The van der Waals surface area contributed by atoms with Gasteiger partial charge in [0.1, 0.15) is 5.69 Å². The van der Waals surface area contributed by atoms with E-state index < -0.39 is 0 Å². The average molecular weight is 307 g/mol. The lowest BCUT2D eigenvalue weighted by molar-refractivity contribution is 0.0988. The summed E-state index contributed by atoms with van der Waals surface area (Å²) in [6, 6.07) is 18.1. The van der Waals surface area contributed by atoms with Gasteiger partial charge in [0.2, 0.25) is 0 Å². The molecule has 3 aromatic rings. The normalized spacial score (nSPS) is 10.5. The van der Waals surface area contributed by atoms with Gasteiger partial charge in [0, 0.05) is 18.8 Å². The van der Waals surface area contributed by atoms with E-state index in [0.29, 0.717) is 5.69 Å². The molecule has 1 N–H and O–H groups in total. The second-order valence-corrected chi connectivity index (χ2v) is 5.38. The summed E-state index contributed by atoms with van der Waals surface area (Å²) in [5, 5.41) is 2.88. The van der Waals surface area contributed by atoms with Crippen LogP contribution in [0, 0.1) is 6.92 Å². The van der Waals surface area contributed by atoms with Crippen molar-refractivity contribution in [2.45, 2.75) is 6.92 Å². The van der Waals surface area contributed by atoms with E-state index in [2.05, 4.69) is 5.10 Å². The number of aryl methyl sites for hydroxylation is 1. The predicted molar refractivity (Wildman–Crippen MR) is 90.3 cm³/mol. The number of aromatic amines is 1. The number of amides is 1. The number of carbonyl (C=O) groups is 1. The van der Waals surface area contributed by atoms with Crippen molar-refractivity contribution in [2.75, 3.05) is 11.9 Å². The fourth-order valence-electron chi connectivity index (χ4n) is 2.34. The molecule has 0 atom stereocenters. The number of hydrogen-bond acceptors (Lipinski definition) is 2. The molecule has 0 aliphatic rings. The topological polar surface area (TPSA) is 58.1 Å². The van der Waals surface area contributed by atoms with Gasteiger partial charge >= 0.3 is 0 Å². The Kier molecular flexibility index (Phi) is 3.85. The van der Waals surface area contributed by atoms with Crippen LogP contribution in [-0.2, 0) is 0 Å². The van der Waals surface area contributed by atoms with Crippen molar-refractivity contribution in [1.82, 2.24) is 9.78 Å². The van der Waals surface area contributed by atoms with Gasteiger partial charge in [-0.1, -0.05) is 35.9 Å². The van der Waals surface area contributed by atoms with Crippen LogP contribution in [0.3, 0.4) is 0 Å². The summed E-state index contributed by atoms with van der Waals surface area (Å²) in [6.45, 7) is 1.98. The van der Waals surface area contributed by atoms with Crippen LogP contribution in [0.15, 0.2) is 65.5 Å². The summed E-state index contributed by atoms with van der Waals surface area (Å²) in [5.41, 5.74) is 2.55. The highest BCUT2D eigenvalue weighted by Gasteiger charge is 2.17. The summed E-state index contributed by atoms with van der Waals surface area (Å²) >= 11 is 0. The number of nitrogens with one attached hydrogen (secondary N) is 1. The Hall–Kier alpha value is -3.08. The molecule has 0 spiro atoms. The third kappa shape index (κ3) is 2.94. The molecular formula is C18H17N3O2. The lowest BCUT2D eigenvalue weighted by atomic mass is 10.2. The van der Waals surface area contributed by atoms with E-state index in [0.717, 1.165) is 11.3 Å². The Labute approximate surface area is 133 Å². The Morgan fingerprint density at radius 3 is 2.35 bits per heavy atom. The van der Waals surface area contributed by atoms with Crippen LogP contribution < -0.4 is 10.5 Å². The molecule has 23 heavy (non-hydrogen) atoms. The fraction of sp³-hybridized carbons (Fsp3) is 0.111. The van der Waals surface area contributed by atoms with Gasteiger partial charge < -0.3 is 4.90 Å². The minimum absolute atomic E-state index is 0.252. The van der Waals surface area contributed by atoms with Crippen LogP contribution in [0.25, 0.3) is 5.69 Å². The van der Waals surface area contributed by atoms with Gasteiger partial charge in [-0.2, -0.15) is 0 Å². The minimum Gasteiger partial charge on any atom is -0.310 e. The van der Waals surface area contributed by atoms with E-state index in [-0.39, 0.29) is 17.2 Å². The molecular weight excluding hydrogens is 290 g/mol. The summed E-state index contributed by atoms with van der Waals surface area (Å²) in [4.78, 5) is 26.2. The number of benzene rings is 2. The van der Waals surface area contributed by atoms with Gasteiger partial charge in [-0.25, -0.2) is 4.68 Å². The number of nitrogens with zero attached hydrogens (tertiary/aromatic N) is 2. The molecule has 0 saturated carbocycles. The lowest BCUT2D eigenvalue weighted by Crippen LogP contribution is -2.26. The standard InChI is InChI=1S/C18H17N3O2/c1-13-8-10-15(11-9-13)21-17(22)12-16(19-21)18(23)20(2)14-6-4-3-5-7-14/h3-12,19H,1-2H3. The lowest BCUT2D eigenvalue weighted by Gasteiger charge is -2.16. The number of para-hydroxylation sites is 1. The highest BCUT2D eigenvalue weighted by atomic mass is 16.2. The molecule has 0 bridgehead atoms. The second kappa shape index (κ2) is 5.96. The maximum atomic E-state index is 12.5. The average Bonchev–Trinajstić information content (AvgIpc) is 2.97. The van der Waals surface area contributed by atoms with Crippen molar-refractivity contribution >= 4 is 11.6 Å². The zero-order valence-corrected chi connectivity index (χ0v) is 13.0. The van der Waals surface area contributed by atoms with Gasteiger partial charge in [0.05, 0.1) is 5.69 Å². The first-order valence-electron chi connectivity index (χ1n) is 7.28. The van der Waals surface area contributed by atoms with Crippen molar-refractivity contribution in [3.8, 4) is 5.69 Å². The van der Waals surface area contributed by atoms with Crippen LogP contribution in [0.2, 0.25) is 0 Å². The van der Waals surface area contributed by atoms with Crippen LogP contribution in [0.4, 0.5) is 5.69 Å². The highest BCUT2D eigenvalue weighted by Crippen LogP contribution is 2.14. The Morgan fingerprint density at radius 1 is 1.04 bits per heavy atom. The van der Waals surface area contributed by atoms with Crippen molar-refractivity contribution in [3.63, 3.8) is 0 Å². The third-order valence-corrected chi connectivity index (χ3v) is 3.69. The van der Waals surface area contributed by atoms with E-state index in [1.165, 1.54) is 15.6 Å². The third-order valence-electron chi connectivity index (χ3n) is 3.69. The smallest absolute Gasteiger partial charge is 0.276 e. The summed E-state index contributed by atoms with van der Waals surface area (Å²) in [6.07, 6.45) is 0. The van der Waals surface area contributed by atoms with Gasteiger partial charge in [0.15, 0.2) is 0 Å². The first kappa shape index (κ1) is 14.8. The number of rotatable bonds is 3. The van der Waals surface area contributed by atoms with Crippen LogP contribution in [-0.4, -0.2) is 22.7 Å². The van der Waals surface area contributed by atoms with Gasteiger partial charge in [-0.05, 0) is 31.2 Å². The summed E-state index contributed by atoms with van der Waals surface area (Å²) in [5.74, 6) is -0.265. The molecule has 1 amide bonds. The molecule has 0 aliphatic heterocycles. The second-order valence-electron chi connectivity index (χ2n) is 5.38. The molecule has 0 fully saturated rings. The molecule has 5 nitrogen and oxygen atoms in total. The molecule has 0 unspecified atom stereocenters. The Morgan fingerprint density at radius 2 is 1.70 bits per heavy atom. The molecule has 2 aromatic carbocycles. The maximum absolute atomic E-state index is 12.5. The molecule has 0 aliphatic carbocycles. The zero-order valence-electron chi connectivity index (χ0n) is 13.0. The summed E-state index contributed by atoms with van der Waals surface area (Å²) < 4.78 is 1.37. The van der Waals surface area contributed by atoms with Gasteiger partial charge in [-0.15, -0.1) is 0 Å². The fourth-order valence-corrected chi connectivity index (χ4v) is 2.34. The predicted octanol–water partition coefficient (Wildman–Crippen LogP) is 2.75. The molecule has 0 saturated heterocycles. The molecule has 116 valence electrons. The Bertz CT molecular complexity index is 877. The van der Waals surface area contributed by atoms with Crippen LogP contribution in [0.5, 0.6) is 0 Å².